The SMILES string of the molecule is O=C(O)CC1Sc2cc(F)ccc2N(Cc2ccc(Cl)c(Cl)c2)C1=O. The molecule has 1 unspecified atom stereocenters. The Morgan fingerprint density at radius 3 is 2.64 bits per heavy atom. The van der Waals surface area contributed by atoms with Crippen LogP contribution in [0.1, 0.15) is 12.0 Å². The fourth-order valence-electron chi connectivity index (χ4n) is 2.57. The number of carboxylic acids is 1. The van der Waals surface area contributed by atoms with Gasteiger partial charge in [-0.3, -0.25) is 9.59 Å². The minimum atomic E-state index is -1.08. The van der Waals surface area contributed by atoms with E-state index in [-0.39, 0.29) is 18.9 Å². The van der Waals surface area contributed by atoms with Crippen molar-refractivity contribution in [2.75, 3.05) is 4.90 Å². The molecule has 1 aliphatic heterocycles. The van der Waals surface area contributed by atoms with E-state index in [1.54, 1.807) is 18.2 Å². The van der Waals surface area contributed by atoms with E-state index in [4.69, 9.17) is 28.3 Å². The number of halogens is 3. The van der Waals surface area contributed by atoms with Crippen LogP contribution in [0.4, 0.5) is 10.1 Å². The van der Waals surface area contributed by atoms with Crippen LogP contribution in [-0.4, -0.2) is 22.2 Å². The third kappa shape index (κ3) is 3.92. The number of hydrogen-bond acceptors (Lipinski definition) is 3. The number of benzene rings is 2. The number of hydrogen-bond donors (Lipinski definition) is 1. The zero-order chi connectivity index (χ0) is 18.1. The third-order valence-electron chi connectivity index (χ3n) is 3.71. The molecule has 1 aliphatic rings. The molecule has 2 aromatic rings. The molecule has 2 aromatic carbocycles. The van der Waals surface area contributed by atoms with Crippen LogP contribution < -0.4 is 4.90 Å². The highest BCUT2D eigenvalue weighted by Crippen LogP contribution is 2.41. The van der Waals surface area contributed by atoms with E-state index in [9.17, 15) is 14.0 Å². The molecule has 3 rings (SSSR count). The van der Waals surface area contributed by atoms with Crippen molar-refractivity contribution in [1.29, 1.82) is 0 Å². The summed E-state index contributed by atoms with van der Waals surface area (Å²) >= 11 is 13.0. The van der Waals surface area contributed by atoms with Gasteiger partial charge in [-0.05, 0) is 35.9 Å². The topological polar surface area (TPSA) is 57.6 Å². The first-order valence-corrected chi connectivity index (χ1v) is 8.92. The van der Waals surface area contributed by atoms with Gasteiger partial charge in [-0.1, -0.05) is 29.3 Å². The van der Waals surface area contributed by atoms with Gasteiger partial charge < -0.3 is 10.0 Å². The second-order valence-corrected chi connectivity index (χ2v) is 7.55. The van der Waals surface area contributed by atoms with Crippen LogP contribution in [0.5, 0.6) is 0 Å². The van der Waals surface area contributed by atoms with Crippen molar-refractivity contribution in [3.05, 3.63) is 57.8 Å². The zero-order valence-electron chi connectivity index (χ0n) is 12.7. The first kappa shape index (κ1) is 18.0. The number of thioether (sulfide) groups is 1. The Balaban J connectivity index is 1.98. The molecule has 8 heteroatoms. The predicted molar refractivity (Wildman–Crippen MR) is 95.9 cm³/mol. The summed E-state index contributed by atoms with van der Waals surface area (Å²) in [4.78, 5) is 25.8. The summed E-state index contributed by atoms with van der Waals surface area (Å²) in [5, 5.41) is 8.99. The van der Waals surface area contributed by atoms with Crippen molar-refractivity contribution in [3.63, 3.8) is 0 Å². The van der Waals surface area contributed by atoms with Crippen LogP contribution in [0.3, 0.4) is 0 Å². The lowest BCUT2D eigenvalue weighted by Gasteiger charge is -2.33. The summed E-state index contributed by atoms with van der Waals surface area (Å²) in [6.45, 7) is 0.186. The van der Waals surface area contributed by atoms with Crippen LogP contribution in [0, 0.1) is 5.82 Å². The minimum Gasteiger partial charge on any atom is -0.481 e. The Morgan fingerprint density at radius 1 is 1.20 bits per heavy atom. The second-order valence-electron chi connectivity index (χ2n) is 5.49. The Kier molecular flexibility index (Phi) is 5.22. The molecule has 0 bridgehead atoms. The predicted octanol–water partition coefficient (Wildman–Crippen LogP) is 4.61. The maximum Gasteiger partial charge on any atom is 0.305 e. The summed E-state index contributed by atoms with van der Waals surface area (Å²) in [6, 6.07) is 9.11. The molecular weight excluding hydrogens is 388 g/mol. The first-order chi connectivity index (χ1) is 11.8. The number of amides is 1. The number of nitrogens with zero attached hydrogens (tertiary/aromatic N) is 1. The number of aliphatic carboxylic acids is 1. The van der Waals surface area contributed by atoms with Crippen LogP contribution >= 0.6 is 35.0 Å². The first-order valence-electron chi connectivity index (χ1n) is 7.28. The zero-order valence-corrected chi connectivity index (χ0v) is 15.0. The lowest BCUT2D eigenvalue weighted by molar-refractivity contribution is -0.138. The van der Waals surface area contributed by atoms with Gasteiger partial charge >= 0.3 is 5.97 Å². The number of fused-ring (bicyclic) bond motifs is 1. The van der Waals surface area contributed by atoms with E-state index >= 15 is 0 Å². The smallest absolute Gasteiger partial charge is 0.305 e. The molecule has 1 atom stereocenters. The van der Waals surface area contributed by atoms with E-state index in [0.717, 1.165) is 17.3 Å². The normalized spacial score (nSPS) is 16.7. The molecule has 4 nitrogen and oxygen atoms in total. The van der Waals surface area contributed by atoms with Crippen molar-refractivity contribution < 1.29 is 19.1 Å². The van der Waals surface area contributed by atoms with Crippen LogP contribution in [0.25, 0.3) is 0 Å². The number of carbonyl (C=O) groups excluding carboxylic acids is 1. The van der Waals surface area contributed by atoms with E-state index in [1.165, 1.54) is 23.1 Å². The summed E-state index contributed by atoms with van der Waals surface area (Å²) in [5.41, 5.74) is 1.28. The molecule has 1 heterocycles. The van der Waals surface area contributed by atoms with E-state index in [0.29, 0.717) is 20.6 Å². The van der Waals surface area contributed by atoms with Crippen molar-refractivity contribution in [2.24, 2.45) is 0 Å². The number of carbonyl (C=O) groups is 2. The van der Waals surface area contributed by atoms with E-state index in [2.05, 4.69) is 0 Å². The van der Waals surface area contributed by atoms with Gasteiger partial charge in [-0.25, -0.2) is 4.39 Å². The van der Waals surface area contributed by atoms with Gasteiger partial charge in [0.05, 0.1) is 33.9 Å². The van der Waals surface area contributed by atoms with Crippen molar-refractivity contribution in [1.82, 2.24) is 0 Å². The molecule has 0 radical (unpaired) electrons. The third-order valence-corrected chi connectivity index (χ3v) is 5.68. The van der Waals surface area contributed by atoms with Gasteiger partial charge in [0.15, 0.2) is 0 Å². The summed E-state index contributed by atoms with van der Waals surface area (Å²) in [7, 11) is 0. The molecule has 0 saturated heterocycles. The molecule has 1 amide bonds. The van der Waals surface area contributed by atoms with Gasteiger partial charge in [0.25, 0.3) is 0 Å². The molecule has 25 heavy (non-hydrogen) atoms. The van der Waals surface area contributed by atoms with E-state index in [1.807, 2.05) is 0 Å². The minimum absolute atomic E-state index is 0.186. The van der Waals surface area contributed by atoms with Crippen molar-refractivity contribution in [3.8, 4) is 0 Å². The second kappa shape index (κ2) is 7.23. The fourth-order valence-corrected chi connectivity index (χ4v) is 4.13. The average molecular weight is 400 g/mol. The lowest BCUT2D eigenvalue weighted by Crippen LogP contribution is -2.41. The molecule has 0 aliphatic carbocycles. The summed E-state index contributed by atoms with van der Waals surface area (Å²) in [5.74, 6) is -1.86. The molecule has 0 fully saturated rings. The molecule has 0 aromatic heterocycles. The Bertz CT molecular complexity index is 862. The van der Waals surface area contributed by atoms with Gasteiger partial charge in [-0.15, -0.1) is 11.8 Å². The number of rotatable bonds is 4. The van der Waals surface area contributed by atoms with Crippen molar-refractivity contribution >= 4 is 52.5 Å². The average Bonchev–Trinajstić information content (AvgIpc) is 2.54. The maximum absolute atomic E-state index is 13.6. The Hall–Kier alpha value is -1.76. The summed E-state index contributed by atoms with van der Waals surface area (Å²) < 4.78 is 13.6. The van der Waals surface area contributed by atoms with Crippen LogP contribution in [0.2, 0.25) is 10.0 Å². The van der Waals surface area contributed by atoms with Gasteiger partial charge in [-0.2, -0.15) is 0 Å². The largest absolute Gasteiger partial charge is 0.481 e. The highest BCUT2D eigenvalue weighted by atomic mass is 35.5. The van der Waals surface area contributed by atoms with E-state index < -0.39 is 17.0 Å². The molecule has 0 spiro atoms. The molecular formula is C17H12Cl2FNO3S. The monoisotopic (exact) mass is 399 g/mol. The van der Waals surface area contributed by atoms with Crippen LogP contribution in [-0.2, 0) is 16.1 Å². The molecule has 0 saturated carbocycles. The highest BCUT2D eigenvalue weighted by molar-refractivity contribution is 8.01. The fraction of sp³-hybridized carbons (Fsp3) is 0.176. The Morgan fingerprint density at radius 2 is 1.96 bits per heavy atom. The number of anilines is 1. The quantitative estimate of drug-likeness (QED) is 0.814. The Labute approximate surface area is 157 Å². The summed E-state index contributed by atoms with van der Waals surface area (Å²) in [6.07, 6.45) is -0.336. The van der Waals surface area contributed by atoms with Gasteiger partial charge in [0.2, 0.25) is 5.91 Å². The lowest BCUT2D eigenvalue weighted by atomic mass is 10.1. The van der Waals surface area contributed by atoms with Gasteiger partial charge in [0, 0.05) is 4.90 Å². The highest BCUT2D eigenvalue weighted by Gasteiger charge is 2.35. The molecule has 1 N–H and O–H groups in total. The maximum atomic E-state index is 13.6. The van der Waals surface area contributed by atoms with Crippen LogP contribution in [0.15, 0.2) is 41.3 Å². The molecule has 130 valence electrons. The standard InChI is InChI=1S/C17H12Cl2FNO3S/c18-11-3-1-9(5-12(11)19)8-21-13-4-2-10(20)6-14(13)25-15(17(21)24)7-16(22)23/h1-6,15H,7-8H2,(H,22,23). The van der Waals surface area contributed by atoms with Crippen molar-refractivity contribution in [2.45, 2.75) is 23.1 Å². The van der Waals surface area contributed by atoms with Gasteiger partial charge in [0.1, 0.15) is 5.82 Å². The number of carboxylic acid groups (broad SMARTS) is 1.